The fourth-order valence-electron chi connectivity index (χ4n) is 1.41. The Balaban J connectivity index is 2.49. The van der Waals surface area contributed by atoms with Gasteiger partial charge in [-0.25, -0.2) is 14.5 Å². The van der Waals surface area contributed by atoms with E-state index in [0.717, 1.165) is 0 Å². The molecule has 0 aromatic carbocycles. The fourth-order valence-corrected chi connectivity index (χ4v) is 1.41. The summed E-state index contributed by atoms with van der Waals surface area (Å²) in [4.78, 5) is 29.1. The predicted molar refractivity (Wildman–Crippen MR) is 63.0 cm³/mol. The summed E-state index contributed by atoms with van der Waals surface area (Å²) in [5, 5.41) is 12.7. The van der Waals surface area contributed by atoms with Crippen molar-refractivity contribution in [2.24, 2.45) is 0 Å². The van der Waals surface area contributed by atoms with E-state index < -0.39 is 5.97 Å². The standard InChI is InChI=1S/C11H12N4O3/c1-6(2)10-13-8(3-9(16)14-10)15-5-7(4-12-15)11(17)18/h3-6H,1-2H3,(H,17,18)(H,13,14,16). The van der Waals surface area contributed by atoms with Gasteiger partial charge in [-0.05, 0) is 0 Å². The maximum absolute atomic E-state index is 11.5. The lowest BCUT2D eigenvalue weighted by atomic mass is 10.2. The van der Waals surface area contributed by atoms with Crippen molar-refractivity contribution in [2.45, 2.75) is 19.8 Å². The van der Waals surface area contributed by atoms with Crippen LogP contribution in [0.4, 0.5) is 0 Å². The zero-order chi connectivity index (χ0) is 13.3. The molecule has 0 aliphatic heterocycles. The van der Waals surface area contributed by atoms with Crippen molar-refractivity contribution in [2.75, 3.05) is 0 Å². The van der Waals surface area contributed by atoms with Gasteiger partial charge in [0.2, 0.25) is 0 Å². The number of hydrogen-bond acceptors (Lipinski definition) is 4. The average molecular weight is 248 g/mol. The minimum Gasteiger partial charge on any atom is -0.478 e. The van der Waals surface area contributed by atoms with Crippen molar-refractivity contribution in [3.8, 4) is 5.82 Å². The number of carbonyl (C=O) groups is 1. The number of carboxylic acid groups (broad SMARTS) is 1. The van der Waals surface area contributed by atoms with Gasteiger partial charge in [0.05, 0.1) is 11.8 Å². The van der Waals surface area contributed by atoms with Crippen molar-refractivity contribution in [3.05, 3.63) is 40.2 Å². The van der Waals surface area contributed by atoms with Gasteiger partial charge in [0.25, 0.3) is 5.56 Å². The summed E-state index contributed by atoms with van der Waals surface area (Å²) in [7, 11) is 0. The second-order valence-corrected chi connectivity index (χ2v) is 4.12. The number of aromatic nitrogens is 4. The Hall–Kier alpha value is -2.44. The maximum Gasteiger partial charge on any atom is 0.338 e. The molecule has 2 aromatic rings. The number of aromatic amines is 1. The number of carboxylic acids is 1. The van der Waals surface area contributed by atoms with E-state index >= 15 is 0 Å². The van der Waals surface area contributed by atoms with Crippen LogP contribution in [-0.4, -0.2) is 30.8 Å². The van der Waals surface area contributed by atoms with Crippen LogP contribution in [0.3, 0.4) is 0 Å². The lowest BCUT2D eigenvalue weighted by molar-refractivity contribution is 0.0697. The monoisotopic (exact) mass is 248 g/mol. The minimum absolute atomic E-state index is 0.0446. The third-order valence-corrected chi connectivity index (χ3v) is 2.36. The van der Waals surface area contributed by atoms with E-state index in [-0.39, 0.29) is 17.0 Å². The van der Waals surface area contributed by atoms with Crippen LogP contribution in [0.2, 0.25) is 0 Å². The van der Waals surface area contributed by atoms with E-state index in [1.807, 2.05) is 13.8 Å². The number of H-pyrrole nitrogens is 1. The highest BCUT2D eigenvalue weighted by molar-refractivity contribution is 5.86. The van der Waals surface area contributed by atoms with Crippen LogP contribution in [0.15, 0.2) is 23.3 Å². The molecule has 0 aliphatic rings. The van der Waals surface area contributed by atoms with Crippen molar-refractivity contribution >= 4 is 5.97 Å². The molecule has 7 nitrogen and oxygen atoms in total. The first-order valence-electron chi connectivity index (χ1n) is 5.37. The van der Waals surface area contributed by atoms with Crippen molar-refractivity contribution in [3.63, 3.8) is 0 Å². The zero-order valence-corrected chi connectivity index (χ0v) is 9.91. The minimum atomic E-state index is -1.07. The molecule has 0 fully saturated rings. The number of hydrogen-bond donors (Lipinski definition) is 2. The topological polar surface area (TPSA) is 101 Å². The Morgan fingerprint density at radius 2 is 2.22 bits per heavy atom. The van der Waals surface area contributed by atoms with Gasteiger partial charge >= 0.3 is 5.97 Å². The zero-order valence-electron chi connectivity index (χ0n) is 9.91. The SMILES string of the molecule is CC(C)c1nc(-n2cc(C(=O)O)cn2)cc(=O)[nH]1. The molecular weight excluding hydrogens is 236 g/mol. The van der Waals surface area contributed by atoms with Crippen LogP contribution < -0.4 is 5.56 Å². The summed E-state index contributed by atoms with van der Waals surface area (Å²) in [5.41, 5.74) is -0.251. The third-order valence-electron chi connectivity index (χ3n) is 2.36. The molecule has 0 amide bonds. The quantitative estimate of drug-likeness (QED) is 0.835. The third kappa shape index (κ3) is 2.29. The molecule has 94 valence electrons. The highest BCUT2D eigenvalue weighted by Gasteiger charge is 2.10. The van der Waals surface area contributed by atoms with Crippen LogP contribution in [0, 0.1) is 0 Å². The number of rotatable bonds is 3. The predicted octanol–water partition coefficient (Wildman–Crippen LogP) is 0.777. The number of nitrogens with one attached hydrogen (secondary N) is 1. The number of aromatic carboxylic acids is 1. The van der Waals surface area contributed by atoms with Crippen LogP contribution >= 0.6 is 0 Å². The van der Waals surface area contributed by atoms with E-state index in [2.05, 4.69) is 15.1 Å². The number of nitrogens with zero attached hydrogens (tertiary/aromatic N) is 3. The van der Waals surface area contributed by atoms with Gasteiger partial charge in [0.1, 0.15) is 5.82 Å². The molecule has 2 rings (SSSR count). The molecule has 2 heterocycles. The van der Waals surface area contributed by atoms with Gasteiger partial charge in [0, 0.05) is 18.2 Å². The van der Waals surface area contributed by atoms with E-state index in [9.17, 15) is 9.59 Å². The fraction of sp³-hybridized carbons (Fsp3) is 0.273. The first kappa shape index (κ1) is 12.0. The van der Waals surface area contributed by atoms with Crippen molar-refractivity contribution in [1.82, 2.24) is 19.7 Å². The molecule has 18 heavy (non-hydrogen) atoms. The Morgan fingerprint density at radius 1 is 1.50 bits per heavy atom. The summed E-state index contributed by atoms with van der Waals surface area (Å²) in [6.07, 6.45) is 2.52. The van der Waals surface area contributed by atoms with Gasteiger partial charge in [-0.15, -0.1) is 0 Å². The van der Waals surface area contributed by atoms with Crippen LogP contribution in [0.5, 0.6) is 0 Å². The van der Waals surface area contributed by atoms with Gasteiger partial charge in [-0.1, -0.05) is 13.8 Å². The summed E-state index contributed by atoms with van der Waals surface area (Å²) >= 11 is 0. The smallest absolute Gasteiger partial charge is 0.338 e. The summed E-state index contributed by atoms with van der Waals surface area (Å²) in [6.45, 7) is 3.79. The molecule has 0 bridgehead atoms. The van der Waals surface area contributed by atoms with E-state index in [1.165, 1.54) is 23.1 Å². The van der Waals surface area contributed by atoms with Gasteiger partial charge in [0.15, 0.2) is 5.82 Å². The summed E-state index contributed by atoms with van der Waals surface area (Å²) < 4.78 is 1.27. The first-order valence-corrected chi connectivity index (χ1v) is 5.37. The second kappa shape index (κ2) is 4.44. The highest BCUT2D eigenvalue weighted by Crippen LogP contribution is 2.09. The molecular formula is C11H12N4O3. The lowest BCUT2D eigenvalue weighted by Crippen LogP contribution is -2.15. The maximum atomic E-state index is 11.5. The molecule has 2 aromatic heterocycles. The van der Waals surface area contributed by atoms with Gasteiger partial charge in [-0.2, -0.15) is 5.10 Å². The molecule has 0 aliphatic carbocycles. The second-order valence-electron chi connectivity index (χ2n) is 4.12. The average Bonchev–Trinajstić information content (AvgIpc) is 2.77. The van der Waals surface area contributed by atoms with Gasteiger partial charge < -0.3 is 10.1 Å². The van der Waals surface area contributed by atoms with Crippen LogP contribution in [-0.2, 0) is 0 Å². The first-order chi connectivity index (χ1) is 8.47. The molecule has 0 saturated carbocycles. The lowest BCUT2D eigenvalue weighted by Gasteiger charge is -2.06. The van der Waals surface area contributed by atoms with Crippen LogP contribution in [0.25, 0.3) is 5.82 Å². The van der Waals surface area contributed by atoms with E-state index in [0.29, 0.717) is 11.6 Å². The molecule has 0 radical (unpaired) electrons. The summed E-state index contributed by atoms with van der Waals surface area (Å²) in [5.74, 6) is -0.179. The summed E-state index contributed by atoms with van der Waals surface area (Å²) in [6, 6.07) is 1.27. The largest absolute Gasteiger partial charge is 0.478 e. The van der Waals surface area contributed by atoms with E-state index in [1.54, 1.807) is 0 Å². The van der Waals surface area contributed by atoms with E-state index in [4.69, 9.17) is 5.11 Å². The van der Waals surface area contributed by atoms with Crippen molar-refractivity contribution in [1.29, 1.82) is 0 Å². The Labute approximate surface area is 102 Å². The van der Waals surface area contributed by atoms with Gasteiger partial charge in [-0.3, -0.25) is 4.79 Å². The molecule has 0 atom stereocenters. The molecule has 7 heteroatoms. The highest BCUT2D eigenvalue weighted by atomic mass is 16.4. The molecule has 0 saturated heterocycles. The Morgan fingerprint density at radius 3 is 2.78 bits per heavy atom. The molecule has 2 N–H and O–H groups in total. The molecule has 0 unspecified atom stereocenters. The Kier molecular flexibility index (Phi) is 2.97. The molecule has 0 spiro atoms. The van der Waals surface area contributed by atoms with Crippen LogP contribution in [0.1, 0.15) is 35.9 Å². The normalized spacial score (nSPS) is 10.8. The Bertz CT molecular complexity index is 642. The van der Waals surface area contributed by atoms with Crippen molar-refractivity contribution < 1.29 is 9.90 Å².